The zero-order chi connectivity index (χ0) is 20.7. The quantitative estimate of drug-likeness (QED) is 0.145. The molecule has 1 heterocycles. The minimum absolute atomic E-state index is 0.929. The molecule has 0 spiro atoms. The molecule has 15 heteroatoms. The van der Waals surface area contributed by atoms with Crippen LogP contribution < -0.4 is 0 Å². The molecule has 9 N–H and O–H groups in total. The van der Waals surface area contributed by atoms with E-state index in [9.17, 15) is 50.0 Å². The van der Waals surface area contributed by atoms with Crippen molar-refractivity contribution in [1.29, 1.82) is 0 Å². The van der Waals surface area contributed by atoms with Crippen LogP contribution in [-0.2, 0) is 23.1 Å². The summed E-state index contributed by atoms with van der Waals surface area (Å²) in [7, 11) is -5.38. The van der Waals surface area contributed by atoms with Crippen molar-refractivity contribution in [1.82, 2.24) is 0 Å². The maximum Gasteiger partial charge on any atom is 0.528 e. The van der Waals surface area contributed by atoms with Crippen LogP contribution in [0, 0.1) is 0 Å². The number of carbonyl (C=O) groups excluding carboxylic acids is 1. The highest BCUT2D eigenvalue weighted by Gasteiger charge is 2.52. The van der Waals surface area contributed by atoms with Gasteiger partial charge in [-0.15, -0.1) is 0 Å². The highest BCUT2D eigenvalue weighted by molar-refractivity contribution is 7.47. The van der Waals surface area contributed by atoms with Gasteiger partial charge in [-0.3, -0.25) is 9.42 Å². The van der Waals surface area contributed by atoms with Crippen molar-refractivity contribution >= 4 is 13.8 Å². The van der Waals surface area contributed by atoms with Gasteiger partial charge in [0.1, 0.15) is 42.7 Å². The molecule has 0 amide bonds. The van der Waals surface area contributed by atoms with Gasteiger partial charge in [-0.2, -0.15) is 0 Å². The number of hydrogen-bond donors (Lipinski definition) is 9. The standard InChI is InChI=1S/C12H19O14P/c13-1-2(14)9-8(20)11(12(21)24-9)26-27(22,23)25-10-6(18)4(16)3(15)5(17)7(10)19/h2-7,9-10,13-20H,1H2,(H,22,23)/t2-,3?,4-,5+,6+,7-,9+,10?/m0/s1. The van der Waals surface area contributed by atoms with E-state index in [4.69, 9.17) is 5.11 Å². The summed E-state index contributed by atoms with van der Waals surface area (Å²) >= 11 is 0. The summed E-state index contributed by atoms with van der Waals surface area (Å²) < 4.78 is 25.3. The predicted octanol–water partition coefficient (Wildman–Crippen LogP) is -4.65. The number of ether oxygens (including phenoxy) is 1. The zero-order valence-corrected chi connectivity index (χ0v) is 14.2. The zero-order valence-electron chi connectivity index (χ0n) is 13.3. The monoisotopic (exact) mass is 418 g/mol. The van der Waals surface area contributed by atoms with Crippen LogP contribution in [0.4, 0.5) is 0 Å². The van der Waals surface area contributed by atoms with E-state index in [1.165, 1.54) is 0 Å². The van der Waals surface area contributed by atoms with Crippen LogP contribution in [0.1, 0.15) is 0 Å². The van der Waals surface area contributed by atoms with E-state index in [0.29, 0.717) is 0 Å². The van der Waals surface area contributed by atoms with Crippen LogP contribution in [0.2, 0.25) is 0 Å². The van der Waals surface area contributed by atoms with E-state index in [1.807, 2.05) is 0 Å². The van der Waals surface area contributed by atoms with Gasteiger partial charge < -0.3 is 50.1 Å². The van der Waals surface area contributed by atoms with Crippen molar-refractivity contribution in [3.8, 4) is 0 Å². The summed E-state index contributed by atoms with van der Waals surface area (Å²) in [5.41, 5.74) is 0. The molecule has 1 aliphatic carbocycles. The Balaban J connectivity index is 2.18. The molecule has 9 atom stereocenters. The molecule has 0 aromatic heterocycles. The molecule has 156 valence electrons. The molecule has 1 saturated carbocycles. The summed E-state index contributed by atoms with van der Waals surface area (Å²) in [4.78, 5) is 21.3. The van der Waals surface area contributed by atoms with Crippen LogP contribution >= 0.6 is 7.82 Å². The lowest BCUT2D eigenvalue weighted by Crippen LogP contribution is -2.64. The lowest BCUT2D eigenvalue weighted by atomic mass is 9.85. The minimum atomic E-state index is -5.38. The molecule has 14 nitrogen and oxygen atoms in total. The maximum absolute atomic E-state index is 12.1. The number of hydrogen-bond acceptors (Lipinski definition) is 13. The van der Waals surface area contributed by atoms with Gasteiger partial charge in [0.2, 0.25) is 0 Å². The molecule has 27 heavy (non-hydrogen) atoms. The molecule has 1 fully saturated rings. The number of carbonyl (C=O) groups is 1. The lowest BCUT2D eigenvalue weighted by Gasteiger charge is -2.41. The Hall–Kier alpha value is -1.32. The molecule has 0 aromatic rings. The Morgan fingerprint density at radius 2 is 1.52 bits per heavy atom. The number of aliphatic hydroxyl groups excluding tert-OH is 8. The third-order valence-electron chi connectivity index (χ3n) is 3.99. The third-order valence-corrected chi connectivity index (χ3v) is 4.92. The van der Waals surface area contributed by atoms with Crippen LogP contribution in [0.25, 0.3) is 0 Å². The highest BCUT2D eigenvalue weighted by Crippen LogP contribution is 2.50. The first kappa shape index (κ1) is 22.0. The van der Waals surface area contributed by atoms with E-state index in [2.05, 4.69) is 13.8 Å². The molecule has 3 unspecified atom stereocenters. The Morgan fingerprint density at radius 3 is 2.00 bits per heavy atom. The van der Waals surface area contributed by atoms with Gasteiger partial charge in [-0.1, -0.05) is 0 Å². The molecule has 2 aliphatic rings. The Labute approximate surface area is 150 Å². The maximum atomic E-state index is 12.1. The van der Waals surface area contributed by atoms with E-state index >= 15 is 0 Å². The first-order valence-electron chi connectivity index (χ1n) is 7.45. The number of rotatable bonds is 6. The van der Waals surface area contributed by atoms with E-state index in [1.54, 1.807) is 0 Å². The molecule has 0 bridgehead atoms. The number of esters is 1. The fourth-order valence-corrected chi connectivity index (χ4v) is 3.51. The summed E-state index contributed by atoms with van der Waals surface area (Å²) in [6, 6.07) is 0. The first-order valence-corrected chi connectivity index (χ1v) is 8.95. The molecule has 2 rings (SSSR count). The van der Waals surface area contributed by atoms with Crippen LogP contribution in [0.15, 0.2) is 11.5 Å². The second-order valence-corrected chi connectivity index (χ2v) is 7.20. The van der Waals surface area contributed by atoms with E-state index in [0.717, 1.165) is 0 Å². The van der Waals surface area contributed by atoms with Crippen molar-refractivity contribution in [3.05, 3.63) is 11.5 Å². The van der Waals surface area contributed by atoms with Gasteiger partial charge in [0.25, 0.3) is 5.76 Å². The predicted molar refractivity (Wildman–Crippen MR) is 78.4 cm³/mol. The van der Waals surface area contributed by atoms with Crippen molar-refractivity contribution in [2.45, 2.75) is 48.8 Å². The minimum Gasteiger partial charge on any atom is -0.505 e. The van der Waals surface area contributed by atoms with Crippen molar-refractivity contribution in [2.75, 3.05) is 6.61 Å². The molecular weight excluding hydrogens is 399 g/mol. The number of cyclic esters (lactones) is 1. The fourth-order valence-electron chi connectivity index (χ4n) is 2.51. The van der Waals surface area contributed by atoms with E-state index < -0.39 is 80.7 Å². The fraction of sp³-hybridized carbons (Fsp3) is 0.750. The topological polar surface area (TPSA) is 244 Å². The molecular formula is C12H19O14P. The second kappa shape index (κ2) is 7.97. The van der Waals surface area contributed by atoms with Gasteiger partial charge >= 0.3 is 13.8 Å². The van der Waals surface area contributed by atoms with Gasteiger partial charge in [0, 0.05) is 0 Å². The smallest absolute Gasteiger partial charge is 0.505 e. The normalized spacial score (nSPS) is 40.4. The van der Waals surface area contributed by atoms with Crippen LogP contribution in [0.5, 0.6) is 0 Å². The highest BCUT2D eigenvalue weighted by atomic mass is 31.2. The number of aliphatic hydroxyl groups is 8. The molecule has 1 aliphatic heterocycles. The number of phosphoric acid groups is 1. The van der Waals surface area contributed by atoms with Crippen molar-refractivity contribution < 1.29 is 68.9 Å². The Morgan fingerprint density at radius 1 is 1.04 bits per heavy atom. The number of phosphoric ester groups is 1. The molecule has 0 saturated heterocycles. The SMILES string of the molecule is O=C1O[C@H]([C@@H](O)CO)C(O)=C1OP(=O)(O)OC1[C@@H](O)[C@H](O)C(O)[C@H](O)[C@H]1O. The summed E-state index contributed by atoms with van der Waals surface area (Å²) in [5, 5.41) is 76.0. The van der Waals surface area contributed by atoms with Crippen LogP contribution in [0.3, 0.4) is 0 Å². The average molecular weight is 418 g/mol. The van der Waals surface area contributed by atoms with E-state index in [-0.39, 0.29) is 0 Å². The Kier molecular flexibility index (Phi) is 6.48. The first-order chi connectivity index (χ1) is 12.4. The third kappa shape index (κ3) is 4.25. The van der Waals surface area contributed by atoms with Gasteiger partial charge in [0.15, 0.2) is 11.9 Å². The van der Waals surface area contributed by atoms with Gasteiger partial charge in [-0.05, 0) is 0 Å². The van der Waals surface area contributed by atoms with Gasteiger partial charge in [0.05, 0.1) is 6.61 Å². The van der Waals surface area contributed by atoms with Crippen molar-refractivity contribution in [2.24, 2.45) is 0 Å². The Bertz CT molecular complexity index is 634. The lowest BCUT2D eigenvalue weighted by molar-refractivity contribution is -0.219. The summed E-state index contributed by atoms with van der Waals surface area (Å²) in [5.74, 6) is -3.85. The average Bonchev–Trinajstić information content (AvgIpc) is 2.89. The van der Waals surface area contributed by atoms with Crippen molar-refractivity contribution in [3.63, 3.8) is 0 Å². The second-order valence-electron chi connectivity index (χ2n) is 5.87. The van der Waals surface area contributed by atoms with Gasteiger partial charge in [-0.25, -0.2) is 9.36 Å². The summed E-state index contributed by atoms with van der Waals surface area (Å²) in [6.45, 7) is -0.929. The summed E-state index contributed by atoms with van der Waals surface area (Å²) in [6.07, 6.45) is -16.0. The van der Waals surface area contributed by atoms with Crippen LogP contribution in [-0.4, -0.2) is 107 Å². The largest absolute Gasteiger partial charge is 0.528 e. The molecule has 0 radical (unpaired) electrons. The molecule has 0 aromatic carbocycles.